The lowest BCUT2D eigenvalue weighted by Gasteiger charge is -2.04. The second kappa shape index (κ2) is 4.52. The predicted octanol–water partition coefficient (Wildman–Crippen LogP) is 1.11. The quantitative estimate of drug-likeness (QED) is 0.529. The maximum absolute atomic E-state index is 10.5. The Kier molecular flexibility index (Phi) is 3.35. The van der Waals surface area contributed by atoms with Gasteiger partial charge in [0.1, 0.15) is 0 Å². The van der Waals surface area contributed by atoms with Gasteiger partial charge in [-0.3, -0.25) is 4.79 Å². The predicted molar refractivity (Wildman–Crippen MR) is 61.0 cm³/mol. The smallest absolute Gasteiger partial charge is 0.229 e. The first-order valence-electron chi connectivity index (χ1n) is 4.64. The van der Waals surface area contributed by atoms with Crippen molar-refractivity contribution in [3.05, 3.63) is 28.8 Å². The van der Waals surface area contributed by atoms with Crippen molar-refractivity contribution in [3.63, 3.8) is 0 Å². The molecule has 0 aromatic heterocycles. The summed E-state index contributed by atoms with van der Waals surface area (Å²) in [5.41, 5.74) is 14.4. The first-order valence-corrected chi connectivity index (χ1v) is 4.64. The van der Waals surface area contributed by atoms with Crippen molar-refractivity contribution in [2.24, 2.45) is 5.73 Å². The fraction of sp³-hybridized carbons (Fsp3) is 0.250. The summed E-state index contributed by atoms with van der Waals surface area (Å²) in [6.45, 7) is 3.91. The van der Waals surface area contributed by atoms with E-state index in [0.29, 0.717) is 5.69 Å². The summed E-state index contributed by atoms with van der Waals surface area (Å²) >= 11 is 0. The van der Waals surface area contributed by atoms with Crippen LogP contribution in [0.15, 0.2) is 12.1 Å². The van der Waals surface area contributed by atoms with Crippen molar-refractivity contribution >= 4 is 11.6 Å². The molecule has 15 heavy (non-hydrogen) atoms. The average molecular weight is 202 g/mol. The molecule has 0 aliphatic rings. The van der Waals surface area contributed by atoms with E-state index in [0.717, 1.165) is 16.7 Å². The fourth-order valence-corrected chi connectivity index (χ4v) is 1.31. The van der Waals surface area contributed by atoms with Crippen LogP contribution in [0.2, 0.25) is 0 Å². The van der Waals surface area contributed by atoms with E-state index in [1.54, 1.807) is 0 Å². The zero-order chi connectivity index (χ0) is 11.4. The second-order valence-electron chi connectivity index (χ2n) is 3.49. The van der Waals surface area contributed by atoms with E-state index in [1.807, 2.05) is 26.0 Å². The van der Waals surface area contributed by atoms with E-state index in [9.17, 15) is 4.79 Å². The highest BCUT2D eigenvalue weighted by Crippen LogP contribution is 2.18. The van der Waals surface area contributed by atoms with Crippen LogP contribution in [-0.2, 0) is 4.79 Å². The van der Waals surface area contributed by atoms with Gasteiger partial charge in [0, 0.05) is 5.56 Å². The molecule has 1 aromatic rings. The lowest BCUT2D eigenvalue weighted by atomic mass is 10.0. The van der Waals surface area contributed by atoms with Crippen LogP contribution < -0.4 is 11.5 Å². The van der Waals surface area contributed by atoms with Gasteiger partial charge >= 0.3 is 0 Å². The van der Waals surface area contributed by atoms with Crippen LogP contribution in [0.3, 0.4) is 0 Å². The molecular formula is C12H14N2O. The second-order valence-corrected chi connectivity index (χ2v) is 3.49. The molecule has 1 rings (SSSR count). The third-order valence-corrected chi connectivity index (χ3v) is 2.02. The van der Waals surface area contributed by atoms with Crippen LogP contribution in [-0.4, -0.2) is 5.91 Å². The largest absolute Gasteiger partial charge is 0.398 e. The van der Waals surface area contributed by atoms with Crippen molar-refractivity contribution in [2.75, 3.05) is 5.73 Å². The molecule has 78 valence electrons. The van der Waals surface area contributed by atoms with Crippen molar-refractivity contribution in [1.29, 1.82) is 0 Å². The molecule has 0 atom stereocenters. The molecule has 0 heterocycles. The summed E-state index contributed by atoms with van der Waals surface area (Å²) in [4.78, 5) is 10.5. The van der Waals surface area contributed by atoms with Gasteiger partial charge < -0.3 is 11.5 Å². The topological polar surface area (TPSA) is 69.1 Å². The zero-order valence-electron chi connectivity index (χ0n) is 8.92. The number of amides is 1. The Labute approximate surface area is 89.5 Å². The summed E-state index contributed by atoms with van der Waals surface area (Å²) in [6, 6.07) is 3.89. The molecule has 0 saturated heterocycles. The maximum Gasteiger partial charge on any atom is 0.229 e. The number of hydrogen-bond acceptors (Lipinski definition) is 2. The lowest BCUT2D eigenvalue weighted by Crippen LogP contribution is -2.08. The molecule has 0 unspecified atom stereocenters. The first-order chi connectivity index (χ1) is 7.00. The van der Waals surface area contributed by atoms with E-state index in [2.05, 4.69) is 11.8 Å². The molecule has 3 heteroatoms. The molecule has 4 N–H and O–H groups in total. The highest BCUT2D eigenvalue weighted by atomic mass is 16.1. The summed E-state index contributed by atoms with van der Waals surface area (Å²) in [6.07, 6.45) is 0.0619. The molecule has 0 saturated carbocycles. The van der Waals surface area contributed by atoms with E-state index in [-0.39, 0.29) is 6.42 Å². The van der Waals surface area contributed by atoms with E-state index >= 15 is 0 Å². The number of anilines is 1. The minimum atomic E-state index is -0.426. The molecule has 3 nitrogen and oxygen atoms in total. The maximum atomic E-state index is 10.5. The number of nitrogen functional groups attached to an aromatic ring is 1. The summed E-state index contributed by atoms with van der Waals surface area (Å²) in [5.74, 6) is 5.12. The van der Waals surface area contributed by atoms with Gasteiger partial charge in [0.2, 0.25) is 5.91 Å². The Morgan fingerprint density at radius 3 is 2.67 bits per heavy atom. The van der Waals surface area contributed by atoms with Gasteiger partial charge in [-0.1, -0.05) is 17.9 Å². The van der Waals surface area contributed by atoms with Crippen molar-refractivity contribution in [1.82, 2.24) is 0 Å². The monoisotopic (exact) mass is 202 g/mol. The van der Waals surface area contributed by atoms with Gasteiger partial charge in [-0.05, 0) is 31.0 Å². The number of primary amides is 1. The molecule has 0 spiro atoms. The van der Waals surface area contributed by atoms with Gasteiger partial charge in [0.15, 0.2) is 0 Å². The van der Waals surface area contributed by atoms with E-state index < -0.39 is 5.91 Å². The van der Waals surface area contributed by atoms with E-state index in [1.165, 1.54) is 0 Å². The Hall–Kier alpha value is -1.95. The van der Waals surface area contributed by atoms with E-state index in [4.69, 9.17) is 11.5 Å². The third-order valence-electron chi connectivity index (χ3n) is 2.02. The highest BCUT2D eigenvalue weighted by molar-refractivity contribution is 5.77. The van der Waals surface area contributed by atoms with Crippen LogP contribution in [0, 0.1) is 25.7 Å². The average Bonchev–Trinajstić information content (AvgIpc) is 2.12. The molecular weight excluding hydrogens is 188 g/mol. The Morgan fingerprint density at radius 1 is 1.40 bits per heavy atom. The Morgan fingerprint density at radius 2 is 2.07 bits per heavy atom. The number of nitrogens with two attached hydrogens (primary N) is 2. The van der Waals surface area contributed by atoms with Crippen LogP contribution in [0.25, 0.3) is 0 Å². The Bertz CT molecular complexity index is 453. The zero-order valence-corrected chi connectivity index (χ0v) is 8.92. The number of benzene rings is 1. The standard InChI is InChI=1S/C12H14N2O/c1-8-6-9(2)12(14)10(7-8)4-3-5-11(13)15/h6-7H,5,14H2,1-2H3,(H2,13,15). The minimum absolute atomic E-state index is 0.0619. The van der Waals surface area contributed by atoms with Crippen LogP contribution in [0.4, 0.5) is 5.69 Å². The first kappa shape index (κ1) is 11.1. The van der Waals surface area contributed by atoms with Gasteiger partial charge in [-0.15, -0.1) is 0 Å². The van der Waals surface area contributed by atoms with Gasteiger partial charge in [-0.2, -0.15) is 0 Å². The number of rotatable bonds is 1. The van der Waals surface area contributed by atoms with Crippen molar-refractivity contribution < 1.29 is 4.79 Å². The number of aryl methyl sites for hydroxylation is 2. The molecule has 0 aliphatic heterocycles. The third kappa shape index (κ3) is 3.03. The normalized spacial score (nSPS) is 9.20. The van der Waals surface area contributed by atoms with Crippen molar-refractivity contribution in [2.45, 2.75) is 20.3 Å². The summed E-state index contributed by atoms with van der Waals surface area (Å²) in [5, 5.41) is 0. The molecule has 0 bridgehead atoms. The van der Waals surface area contributed by atoms with Crippen LogP contribution in [0.5, 0.6) is 0 Å². The summed E-state index contributed by atoms with van der Waals surface area (Å²) < 4.78 is 0. The molecule has 1 aromatic carbocycles. The fourth-order valence-electron chi connectivity index (χ4n) is 1.31. The molecule has 0 radical (unpaired) electrons. The number of hydrogen-bond donors (Lipinski definition) is 2. The molecule has 0 fully saturated rings. The highest BCUT2D eigenvalue weighted by Gasteiger charge is 2.00. The van der Waals surface area contributed by atoms with Crippen LogP contribution in [0.1, 0.15) is 23.1 Å². The molecule has 0 aliphatic carbocycles. The van der Waals surface area contributed by atoms with Gasteiger partial charge in [0.25, 0.3) is 0 Å². The minimum Gasteiger partial charge on any atom is -0.398 e. The number of carbonyl (C=O) groups is 1. The van der Waals surface area contributed by atoms with Gasteiger partial charge in [-0.25, -0.2) is 0 Å². The summed E-state index contributed by atoms with van der Waals surface area (Å²) in [7, 11) is 0. The van der Waals surface area contributed by atoms with Crippen LogP contribution >= 0.6 is 0 Å². The number of carbonyl (C=O) groups excluding carboxylic acids is 1. The lowest BCUT2D eigenvalue weighted by molar-refractivity contribution is -0.117. The molecule has 1 amide bonds. The van der Waals surface area contributed by atoms with Crippen molar-refractivity contribution in [3.8, 4) is 11.8 Å². The SMILES string of the molecule is Cc1cc(C)c(N)c(C#CCC(N)=O)c1. The van der Waals surface area contributed by atoms with Gasteiger partial charge in [0.05, 0.1) is 12.1 Å². The Balaban J connectivity index is 3.02.